The summed E-state index contributed by atoms with van der Waals surface area (Å²) in [5, 5.41) is 2.23. The van der Waals surface area contributed by atoms with E-state index in [1.807, 2.05) is 18.2 Å². The second-order valence-corrected chi connectivity index (χ2v) is 7.07. The Morgan fingerprint density at radius 1 is 0.750 bits per heavy atom. The van der Waals surface area contributed by atoms with Crippen LogP contribution in [0, 0.1) is 11.8 Å². The minimum absolute atomic E-state index is 0.623. The van der Waals surface area contributed by atoms with Crippen LogP contribution >= 0.6 is 0 Å². The van der Waals surface area contributed by atoms with Crippen molar-refractivity contribution in [1.29, 1.82) is 0 Å². The number of methoxy groups -OCH3 is 1. The van der Waals surface area contributed by atoms with E-state index in [0.717, 1.165) is 47.5 Å². The Balaban J connectivity index is 2.16. The number of ether oxygens (including phenoxy) is 3. The number of fused-ring (bicyclic) bond motifs is 1. The SMILES string of the molecule is COc1cc2ccc(OCCC(C)C)cc2cc1OCCC(C)C. The number of rotatable bonds is 9. The summed E-state index contributed by atoms with van der Waals surface area (Å²) < 4.78 is 17.3. The summed E-state index contributed by atoms with van der Waals surface area (Å²) in [6, 6.07) is 10.2. The molecule has 0 spiro atoms. The molecule has 0 aliphatic heterocycles. The smallest absolute Gasteiger partial charge is 0.161 e. The molecule has 2 aromatic rings. The topological polar surface area (TPSA) is 27.7 Å². The molecule has 3 heteroatoms. The first-order valence-corrected chi connectivity index (χ1v) is 8.87. The average Bonchev–Trinajstić information content (AvgIpc) is 2.53. The van der Waals surface area contributed by atoms with Crippen LogP contribution in [0.1, 0.15) is 40.5 Å². The van der Waals surface area contributed by atoms with Crippen LogP contribution < -0.4 is 14.2 Å². The molecule has 0 saturated carbocycles. The molecule has 0 N–H and O–H groups in total. The van der Waals surface area contributed by atoms with Crippen molar-refractivity contribution in [2.75, 3.05) is 20.3 Å². The van der Waals surface area contributed by atoms with Gasteiger partial charge in [0.2, 0.25) is 0 Å². The average molecular weight is 330 g/mol. The molecule has 0 saturated heterocycles. The summed E-state index contributed by atoms with van der Waals surface area (Å²) in [7, 11) is 1.68. The van der Waals surface area contributed by atoms with Crippen LogP contribution in [0.2, 0.25) is 0 Å². The fourth-order valence-corrected chi connectivity index (χ4v) is 2.41. The fourth-order valence-electron chi connectivity index (χ4n) is 2.41. The van der Waals surface area contributed by atoms with E-state index in [4.69, 9.17) is 14.2 Å². The zero-order valence-electron chi connectivity index (χ0n) is 15.6. The lowest BCUT2D eigenvalue weighted by Crippen LogP contribution is -2.03. The maximum Gasteiger partial charge on any atom is 0.161 e. The zero-order chi connectivity index (χ0) is 17.5. The monoisotopic (exact) mass is 330 g/mol. The van der Waals surface area contributed by atoms with Crippen LogP contribution in [0.3, 0.4) is 0 Å². The van der Waals surface area contributed by atoms with E-state index in [2.05, 4.69) is 39.8 Å². The van der Waals surface area contributed by atoms with Gasteiger partial charge in [-0.05, 0) is 59.7 Å². The van der Waals surface area contributed by atoms with Crippen LogP contribution in [0.25, 0.3) is 10.8 Å². The molecular formula is C21H30O3. The third-order valence-corrected chi connectivity index (χ3v) is 4.01. The lowest BCUT2D eigenvalue weighted by Gasteiger charge is -2.14. The predicted octanol–water partition coefficient (Wildman–Crippen LogP) is 5.70. The molecule has 3 nitrogen and oxygen atoms in total. The maximum absolute atomic E-state index is 5.93. The van der Waals surface area contributed by atoms with Crippen molar-refractivity contribution in [1.82, 2.24) is 0 Å². The van der Waals surface area contributed by atoms with E-state index in [1.54, 1.807) is 7.11 Å². The van der Waals surface area contributed by atoms with Crippen molar-refractivity contribution >= 4 is 10.8 Å². The first kappa shape index (κ1) is 18.4. The molecule has 0 radical (unpaired) electrons. The van der Waals surface area contributed by atoms with E-state index >= 15 is 0 Å². The molecule has 0 aliphatic carbocycles. The van der Waals surface area contributed by atoms with E-state index in [0.29, 0.717) is 18.4 Å². The van der Waals surface area contributed by atoms with Gasteiger partial charge in [0, 0.05) is 0 Å². The Hall–Kier alpha value is -1.90. The van der Waals surface area contributed by atoms with Crippen molar-refractivity contribution in [3.63, 3.8) is 0 Å². The quantitative estimate of drug-likeness (QED) is 0.590. The van der Waals surface area contributed by atoms with Gasteiger partial charge in [-0.25, -0.2) is 0 Å². The van der Waals surface area contributed by atoms with Crippen LogP contribution in [-0.4, -0.2) is 20.3 Å². The molecule has 0 heterocycles. The van der Waals surface area contributed by atoms with Gasteiger partial charge >= 0.3 is 0 Å². The van der Waals surface area contributed by atoms with Gasteiger partial charge in [-0.2, -0.15) is 0 Å². The molecule has 0 atom stereocenters. The lowest BCUT2D eigenvalue weighted by atomic mass is 10.1. The first-order chi connectivity index (χ1) is 11.5. The molecule has 2 aromatic carbocycles. The highest BCUT2D eigenvalue weighted by atomic mass is 16.5. The molecule has 132 valence electrons. The number of hydrogen-bond donors (Lipinski definition) is 0. The van der Waals surface area contributed by atoms with Gasteiger partial charge in [-0.15, -0.1) is 0 Å². The Bertz CT molecular complexity index is 647. The van der Waals surface area contributed by atoms with Gasteiger partial charge in [-0.3, -0.25) is 0 Å². The second-order valence-electron chi connectivity index (χ2n) is 7.07. The fraction of sp³-hybridized carbons (Fsp3) is 0.524. The summed E-state index contributed by atoms with van der Waals surface area (Å²) in [4.78, 5) is 0. The van der Waals surface area contributed by atoms with E-state index in [1.165, 1.54) is 0 Å². The number of benzene rings is 2. The van der Waals surface area contributed by atoms with Gasteiger partial charge in [0.15, 0.2) is 11.5 Å². The van der Waals surface area contributed by atoms with Crippen LogP contribution in [0.4, 0.5) is 0 Å². The minimum Gasteiger partial charge on any atom is -0.494 e. The third-order valence-electron chi connectivity index (χ3n) is 4.01. The number of hydrogen-bond acceptors (Lipinski definition) is 3. The molecule has 2 rings (SSSR count). The van der Waals surface area contributed by atoms with Gasteiger partial charge < -0.3 is 14.2 Å². The van der Waals surface area contributed by atoms with Crippen molar-refractivity contribution in [2.24, 2.45) is 11.8 Å². The third kappa shape index (κ3) is 5.33. The van der Waals surface area contributed by atoms with Crippen molar-refractivity contribution in [3.8, 4) is 17.2 Å². The molecule has 0 fully saturated rings. The van der Waals surface area contributed by atoms with Crippen LogP contribution in [0.5, 0.6) is 17.2 Å². The Morgan fingerprint density at radius 3 is 2.00 bits per heavy atom. The van der Waals surface area contributed by atoms with Gasteiger partial charge in [-0.1, -0.05) is 33.8 Å². The minimum atomic E-state index is 0.623. The summed E-state index contributed by atoms with van der Waals surface area (Å²) >= 11 is 0. The molecular weight excluding hydrogens is 300 g/mol. The van der Waals surface area contributed by atoms with Crippen molar-refractivity contribution in [2.45, 2.75) is 40.5 Å². The maximum atomic E-state index is 5.93. The van der Waals surface area contributed by atoms with E-state index in [9.17, 15) is 0 Å². The van der Waals surface area contributed by atoms with Crippen molar-refractivity contribution in [3.05, 3.63) is 30.3 Å². The predicted molar refractivity (Wildman–Crippen MR) is 100 cm³/mol. The summed E-state index contributed by atoms with van der Waals surface area (Å²) in [6.07, 6.45) is 2.09. The standard InChI is InChI=1S/C21H30O3/c1-15(2)8-10-23-19-7-6-17-13-20(22-5)21(14-18(17)12-19)24-11-9-16(3)4/h6-7,12-16H,8-11H2,1-5H3. The normalized spacial score (nSPS) is 11.3. The Labute approximate surface area is 145 Å². The highest BCUT2D eigenvalue weighted by Crippen LogP contribution is 2.34. The zero-order valence-corrected chi connectivity index (χ0v) is 15.6. The van der Waals surface area contributed by atoms with Gasteiger partial charge in [0.25, 0.3) is 0 Å². The molecule has 0 amide bonds. The molecule has 24 heavy (non-hydrogen) atoms. The highest BCUT2D eigenvalue weighted by molar-refractivity contribution is 5.87. The Morgan fingerprint density at radius 2 is 1.38 bits per heavy atom. The van der Waals surface area contributed by atoms with Gasteiger partial charge in [0.1, 0.15) is 5.75 Å². The van der Waals surface area contributed by atoms with Gasteiger partial charge in [0.05, 0.1) is 20.3 Å². The summed E-state index contributed by atoms with van der Waals surface area (Å²) in [5.74, 6) is 3.75. The van der Waals surface area contributed by atoms with E-state index < -0.39 is 0 Å². The highest BCUT2D eigenvalue weighted by Gasteiger charge is 2.09. The molecule has 0 unspecified atom stereocenters. The van der Waals surface area contributed by atoms with Crippen molar-refractivity contribution < 1.29 is 14.2 Å². The largest absolute Gasteiger partial charge is 0.494 e. The van der Waals surface area contributed by atoms with Crippen LogP contribution in [-0.2, 0) is 0 Å². The summed E-state index contributed by atoms with van der Waals surface area (Å²) in [5.41, 5.74) is 0. The van der Waals surface area contributed by atoms with E-state index in [-0.39, 0.29) is 0 Å². The first-order valence-electron chi connectivity index (χ1n) is 8.87. The molecule has 0 bridgehead atoms. The second kappa shape index (κ2) is 8.81. The molecule has 0 aliphatic rings. The van der Waals surface area contributed by atoms with Crippen LogP contribution in [0.15, 0.2) is 30.3 Å². The molecule has 0 aromatic heterocycles. The Kier molecular flexibility index (Phi) is 6.77. The summed E-state index contributed by atoms with van der Waals surface area (Å²) in [6.45, 7) is 10.2. The lowest BCUT2D eigenvalue weighted by molar-refractivity contribution is 0.273.